The molecule has 0 aliphatic carbocycles. The van der Waals surface area contributed by atoms with Gasteiger partial charge < -0.3 is 19.0 Å². The number of carboxylic acids is 2. The Morgan fingerprint density at radius 3 is 1.36 bits per heavy atom. The van der Waals surface area contributed by atoms with Gasteiger partial charge in [-0.05, 0) is 72.5 Å². The van der Waals surface area contributed by atoms with E-state index in [9.17, 15) is 19.8 Å². The number of aryl methyl sites for hydroxylation is 2. The molecule has 45 heavy (non-hydrogen) atoms. The van der Waals surface area contributed by atoms with E-state index in [-0.39, 0.29) is 12.8 Å². The molecule has 0 radical (unpaired) electrons. The van der Waals surface area contributed by atoms with Crippen molar-refractivity contribution in [2.75, 3.05) is 0 Å². The number of hydrogen-bond donors (Lipinski definition) is 2. The number of aliphatic carboxylic acids is 2. The Morgan fingerprint density at radius 2 is 0.956 bits per heavy atom. The quantitative estimate of drug-likeness (QED) is 0.130. The molecule has 0 aliphatic heterocycles. The summed E-state index contributed by atoms with van der Waals surface area (Å²) in [6.45, 7) is 0. The van der Waals surface area contributed by atoms with Gasteiger partial charge in [-0.2, -0.15) is 0 Å². The third kappa shape index (κ3) is 6.35. The van der Waals surface area contributed by atoms with Crippen LogP contribution in [0.2, 0.25) is 0 Å². The molecule has 0 saturated carbocycles. The largest absolute Gasteiger partial charge is 0.481 e. The van der Waals surface area contributed by atoms with Crippen LogP contribution >= 0.6 is 56.7 Å². The van der Waals surface area contributed by atoms with E-state index < -0.39 is 11.9 Å². The molecule has 13 heteroatoms. The molecule has 226 valence electrons. The van der Waals surface area contributed by atoms with Gasteiger partial charge in [0.25, 0.3) is 0 Å². The fourth-order valence-electron chi connectivity index (χ4n) is 4.81. The Labute approximate surface area is 276 Å². The summed E-state index contributed by atoms with van der Waals surface area (Å²) in [5.74, 6) is -0.529. The molecule has 0 atom stereocenters. The van der Waals surface area contributed by atoms with Crippen molar-refractivity contribution in [1.29, 1.82) is 0 Å². The zero-order valence-electron chi connectivity index (χ0n) is 23.2. The number of oxazole rings is 2. The van der Waals surface area contributed by atoms with Crippen LogP contribution in [0, 0.1) is 0 Å². The molecular weight excluding hydrogens is 669 g/mol. The average molecular weight is 691 g/mol. The number of nitrogens with zero attached hydrogens (tertiary/aromatic N) is 2. The van der Waals surface area contributed by atoms with Gasteiger partial charge >= 0.3 is 11.9 Å². The summed E-state index contributed by atoms with van der Waals surface area (Å²) in [7, 11) is 0. The van der Waals surface area contributed by atoms with Gasteiger partial charge in [-0.1, -0.05) is 0 Å². The van der Waals surface area contributed by atoms with Gasteiger partial charge in [0.2, 0.25) is 11.8 Å². The first-order valence-corrected chi connectivity index (χ1v) is 17.8. The van der Waals surface area contributed by atoms with Gasteiger partial charge in [0.05, 0.1) is 22.1 Å². The van der Waals surface area contributed by atoms with Crippen LogP contribution in [0.4, 0.5) is 0 Å². The number of carboxylic acid groups (broad SMARTS) is 2. The van der Waals surface area contributed by atoms with Crippen LogP contribution in [-0.4, -0.2) is 32.1 Å². The van der Waals surface area contributed by atoms with Crippen molar-refractivity contribution in [3.05, 3.63) is 84.6 Å². The van der Waals surface area contributed by atoms with E-state index in [0.29, 0.717) is 24.6 Å². The number of hydrogen-bond acceptors (Lipinski definition) is 11. The van der Waals surface area contributed by atoms with Crippen molar-refractivity contribution >= 4 is 68.6 Å². The molecule has 7 aromatic heterocycles. The van der Waals surface area contributed by atoms with Crippen LogP contribution < -0.4 is 0 Å². The maximum atomic E-state index is 11.5. The van der Waals surface area contributed by atoms with Crippen molar-refractivity contribution in [2.45, 2.75) is 25.7 Å². The molecule has 7 heterocycles. The molecule has 0 fully saturated rings. The Hall–Kier alpha value is -4.14. The van der Waals surface area contributed by atoms with E-state index in [1.165, 1.54) is 0 Å². The second-order valence-electron chi connectivity index (χ2n) is 9.88. The minimum absolute atomic E-state index is 0.0390. The normalized spacial score (nSPS) is 11.4. The lowest BCUT2D eigenvalue weighted by Crippen LogP contribution is -1.97. The van der Waals surface area contributed by atoms with Crippen molar-refractivity contribution in [1.82, 2.24) is 9.97 Å². The van der Waals surface area contributed by atoms with Crippen molar-refractivity contribution in [3.8, 4) is 60.6 Å². The highest BCUT2D eigenvalue weighted by Crippen LogP contribution is 2.49. The molecule has 2 N–H and O–H groups in total. The molecular formula is C32H22N2O6S5. The number of rotatable bonds is 12. The summed E-state index contributed by atoms with van der Waals surface area (Å²) < 4.78 is 10.9. The summed E-state index contributed by atoms with van der Waals surface area (Å²) >= 11 is 8.11. The first kappa shape index (κ1) is 29.6. The van der Waals surface area contributed by atoms with Gasteiger partial charge in [0, 0.05) is 51.9 Å². The second-order valence-corrected chi connectivity index (χ2v) is 15.2. The Balaban J connectivity index is 1.23. The monoisotopic (exact) mass is 690 g/mol. The highest BCUT2D eigenvalue weighted by atomic mass is 32.1. The van der Waals surface area contributed by atoms with Crippen LogP contribution in [0.15, 0.2) is 82.3 Å². The maximum Gasteiger partial charge on any atom is 0.303 e. The Bertz CT molecular complexity index is 1940. The number of thiophene rings is 5. The van der Waals surface area contributed by atoms with E-state index in [1.807, 2.05) is 24.3 Å². The first-order chi connectivity index (χ1) is 21.9. The molecule has 0 aromatic carbocycles. The zero-order valence-corrected chi connectivity index (χ0v) is 27.3. The van der Waals surface area contributed by atoms with E-state index in [1.54, 1.807) is 81.6 Å². The van der Waals surface area contributed by atoms with Crippen LogP contribution in [-0.2, 0) is 22.4 Å². The minimum atomic E-state index is -0.836. The molecule has 8 nitrogen and oxygen atoms in total. The predicted octanol–water partition coefficient (Wildman–Crippen LogP) is 10.0. The lowest BCUT2D eigenvalue weighted by Gasteiger charge is -2.01. The van der Waals surface area contributed by atoms with Crippen molar-refractivity contribution in [3.63, 3.8) is 0 Å². The smallest absolute Gasteiger partial charge is 0.303 e. The van der Waals surface area contributed by atoms with E-state index in [0.717, 1.165) is 59.9 Å². The summed E-state index contributed by atoms with van der Waals surface area (Å²) in [6.07, 6.45) is 7.27. The Morgan fingerprint density at radius 1 is 0.556 bits per heavy atom. The van der Waals surface area contributed by atoms with Crippen LogP contribution in [0.25, 0.3) is 60.6 Å². The lowest BCUT2D eigenvalue weighted by atomic mass is 10.1. The molecule has 0 aliphatic rings. The van der Waals surface area contributed by atoms with Crippen molar-refractivity contribution < 1.29 is 28.6 Å². The molecule has 0 saturated heterocycles. The summed E-state index contributed by atoms with van der Waals surface area (Å²) in [6, 6.07) is 16.4. The topological polar surface area (TPSA) is 127 Å². The molecule has 0 amide bonds. The fraction of sp³-hybridized carbons (Fsp3) is 0.125. The summed E-state index contributed by atoms with van der Waals surface area (Å²) in [4.78, 5) is 41.8. The molecule has 7 rings (SSSR count). The number of aromatic nitrogens is 2. The highest BCUT2D eigenvalue weighted by Gasteiger charge is 2.21. The van der Waals surface area contributed by atoms with Gasteiger partial charge in [0.15, 0.2) is 0 Å². The molecule has 0 bridgehead atoms. The summed E-state index contributed by atoms with van der Waals surface area (Å²) in [5, 5.41) is 18.9. The number of carbonyl (C=O) groups is 2. The highest BCUT2D eigenvalue weighted by molar-refractivity contribution is 7.30. The lowest BCUT2D eigenvalue weighted by molar-refractivity contribution is -0.138. The van der Waals surface area contributed by atoms with E-state index >= 15 is 0 Å². The average Bonchev–Trinajstić information content (AvgIpc) is 3.85. The zero-order chi connectivity index (χ0) is 30.9. The van der Waals surface area contributed by atoms with Gasteiger partial charge in [-0.15, -0.1) is 56.7 Å². The Kier molecular flexibility index (Phi) is 8.34. The molecule has 0 unspecified atom stereocenters. The van der Waals surface area contributed by atoms with Gasteiger partial charge in [-0.3, -0.25) is 9.59 Å². The SMILES string of the molecule is O=C(O)CCc1cc(-c2ccc(-c3ncco3)s2)sc1-c1ccc(-c2sc(-c3ccc(-c4ncco4)s3)cc2CCC(=O)O)s1. The second kappa shape index (κ2) is 12.7. The standard InChI is InChI=1S/C32H22N2O6S5/c35-27(36)9-1-17-15-25(19-3-7-23(41-19)31-33-11-13-39-31)44-29(17)21-5-6-22(43-21)30-18(2-10-28(37)38)16-26(45-30)20-4-8-24(42-20)32-34-12-14-40-32/h3-8,11-16H,1-2,9-10H2,(H,35,36)(H,37,38). The predicted molar refractivity (Wildman–Crippen MR) is 180 cm³/mol. The third-order valence-corrected chi connectivity index (χ3v) is 13.2. The van der Waals surface area contributed by atoms with Gasteiger partial charge in [0.1, 0.15) is 12.5 Å². The van der Waals surface area contributed by atoms with E-state index in [2.05, 4.69) is 34.2 Å². The van der Waals surface area contributed by atoms with Gasteiger partial charge in [-0.25, -0.2) is 9.97 Å². The third-order valence-electron chi connectivity index (χ3n) is 6.87. The molecule has 7 aromatic rings. The van der Waals surface area contributed by atoms with Crippen molar-refractivity contribution in [2.24, 2.45) is 0 Å². The van der Waals surface area contributed by atoms with E-state index in [4.69, 9.17) is 8.83 Å². The van der Waals surface area contributed by atoms with Crippen LogP contribution in [0.5, 0.6) is 0 Å². The maximum absolute atomic E-state index is 11.5. The van der Waals surface area contributed by atoms with Crippen LogP contribution in [0.1, 0.15) is 24.0 Å². The minimum Gasteiger partial charge on any atom is -0.481 e. The van der Waals surface area contributed by atoms with Crippen LogP contribution in [0.3, 0.4) is 0 Å². The first-order valence-electron chi connectivity index (χ1n) is 13.7. The summed E-state index contributed by atoms with van der Waals surface area (Å²) in [5.41, 5.74) is 1.99. The molecule has 0 spiro atoms. The fourth-order valence-corrected chi connectivity index (χ4v) is 10.6.